The zero-order valence-electron chi connectivity index (χ0n) is 21.7. The number of hydrogen-bond donors (Lipinski definition) is 1. The normalized spacial score (nSPS) is 15.2. The molecular formula is C29H29F2N5O3S. The van der Waals surface area contributed by atoms with E-state index in [0.717, 1.165) is 46.9 Å². The van der Waals surface area contributed by atoms with Gasteiger partial charge in [0.25, 0.3) is 0 Å². The standard InChI is InChI=1S/C29H26F2N4O3S.H3N/c30-29(31,19-34-14-4-1-5-15-34)38-22-10-8-20(9-11-22)21-16-32-28-26(17-33-35(28)18-21)24-12-13-27(39(36)37)25-7-3-2-6-23(24)25;/h2-3,6-13,16-18,39H,1,4-5,14-15,19H2;1H3. The molecule has 5 aromatic rings. The van der Waals surface area contributed by atoms with Crippen LogP contribution in [0.15, 0.2) is 84.1 Å². The number of nitrogens with zero attached hydrogens (tertiary/aromatic N) is 4. The molecule has 0 aliphatic carbocycles. The molecule has 6 rings (SSSR count). The van der Waals surface area contributed by atoms with Gasteiger partial charge >= 0.3 is 6.11 Å². The highest BCUT2D eigenvalue weighted by atomic mass is 32.2. The van der Waals surface area contributed by atoms with Gasteiger partial charge in [0.05, 0.1) is 17.3 Å². The molecule has 40 heavy (non-hydrogen) atoms. The summed E-state index contributed by atoms with van der Waals surface area (Å²) in [6.07, 6.45) is 4.91. The van der Waals surface area contributed by atoms with Crippen LogP contribution in [-0.2, 0) is 15.3 Å². The Morgan fingerprint density at radius 2 is 1.62 bits per heavy atom. The van der Waals surface area contributed by atoms with Gasteiger partial charge in [-0.1, -0.05) is 36.8 Å². The van der Waals surface area contributed by atoms with E-state index in [1.807, 2.05) is 18.3 Å². The van der Waals surface area contributed by atoms with Crippen LogP contribution < -0.4 is 10.9 Å². The number of benzene rings is 3. The molecular weight excluding hydrogens is 536 g/mol. The number of halogens is 2. The number of hydrogen-bond acceptors (Lipinski definition) is 7. The summed E-state index contributed by atoms with van der Waals surface area (Å²) in [5, 5.41) is 5.91. The largest absolute Gasteiger partial charge is 0.612 e. The van der Waals surface area contributed by atoms with Crippen molar-refractivity contribution in [3.8, 4) is 28.0 Å². The van der Waals surface area contributed by atoms with Gasteiger partial charge in [-0.2, -0.15) is 13.9 Å². The molecule has 1 aliphatic rings. The minimum absolute atomic E-state index is 0. The lowest BCUT2D eigenvalue weighted by molar-refractivity contribution is -0.189. The molecule has 1 unspecified atom stereocenters. The highest BCUT2D eigenvalue weighted by Crippen LogP contribution is 2.34. The van der Waals surface area contributed by atoms with Crippen molar-refractivity contribution in [2.45, 2.75) is 30.3 Å². The van der Waals surface area contributed by atoms with Crippen LogP contribution in [0.4, 0.5) is 8.78 Å². The van der Waals surface area contributed by atoms with Gasteiger partial charge in [-0.15, -0.1) is 4.21 Å². The Bertz CT molecular complexity index is 1670. The third-order valence-electron chi connectivity index (χ3n) is 7.06. The number of aromatic nitrogens is 3. The quantitative estimate of drug-likeness (QED) is 0.189. The van der Waals surface area contributed by atoms with Crippen LogP contribution >= 0.6 is 0 Å². The van der Waals surface area contributed by atoms with E-state index in [0.29, 0.717) is 24.1 Å². The van der Waals surface area contributed by atoms with E-state index in [4.69, 9.17) is 4.74 Å². The lowest BCUT2D eigenvalue weighted by Gasteiger charge is -2.30. The first-order valence-corrected chi connectivity index (χ1v) is 14.0. The Morgan fingerprint density at radius 3 is 2.35 bits per heavy atom. The predicted octanol–water partition coefficient (Wildman–Crippen LogP) is 6.02. The summed E-state index contributed by atoms with van der Waals surface area (Å²) in [5.41, 5.74) is 3.74. The van der Waals surface area contributed by atoms with Gasteiger partial charge in [0.1, 0.15) is 12.3 Å². The summed E-state index contributed by atoms with van der Waals surface area (Å²) < 4.78 is 59.1. The van der Waals surface area contributed by atoms with Crippen LogP contribution in [0.3, 0.4) is 0 Å². The maximum atomic E-state index is 14.5. The maximum absolute atomic E-state index is 14.5. The van der Waals surface area contributed by atoms with Gasteiger partial charge in [0.15, 0.2) is 10.5 Å². The Morgan fingerprint density at radius 1 is 0.900 bits per heavy atom. The molecule has 0 amide bonds. The van der Waals surface area contributed by atoms with Crippen LogP contribution in [0.25, 0.3) is 38.7 Å². The summed E-state index contributed by atoms with van der Waals surface area (Å²) in [5.74, 6) is 0.103. The van der Waals surface area contributed by atoms with Crippen LogP contribution in [-0.4, -0.2) is 49.8 Å². The van der Waals surface area contributed by atoms with Gasteiger partial charge in [-0.3, -0.25) is 4.90 Å². The van der Waals surface area contributed by atoms with Crippen LogP contribution in [0.2, 0.25) is 0 Å². The fraction of sp³-hybridized carbons (Fsp3) is 0.241. The van der Waals surface area contributed by atoms with Crippen LogP contribution in [0, 0.1) is 0 Å². The first-order valence-electron chi connectivity index (χ1n) is 12.8. The topological polar surface area (TPSA) is 118 Å². The van der Waals surface area contributed by atoms with Crippen molar-refractivity contribution in [1.29, 1.82) is 0 Å². The van der Waals surface area contributed by atoms with Crippen molar-refractivity contribution in [3.63, 3.8) is 0 Å². The summed E-state index contributed by atoms with van der Waals surface area (Å²) in [4.78, 5) is 6.65. The third-order valence-corrected chi connectivity index (χ3v) is 7.84. The first kappa shape index (κ1) is 27.8. The Kier molecular flexibility index (Phi) is 7.90. The predicted molar refractivity (Wildman–Crippen MR) is 151 cm³/mol. The number of piperidine rings is 1. The third kappa shape index (κ3) is 5.59. The lowest BCUT2D eigenvalue weighted by Crippen LogP contribution is -2.43. The van der Waals surface area contributed by atoms with E-state index in [2.05, 4.69) is 10.1 Å². The molecule has 1 atom stereocenters. The van der Waals surface area contributed by atoms with Crippen molar-refractivity contribution < 1.29 is 22.3 Å². The number of ether oxygens (including phenoxy) is 1. The Labute approximate surface area is 232 Å². The molecule has 208 valence electrons. The molecule has 3 aromatic carbocycles. The molecule has 11 heteroatoms. The second kappa shape index (κ2) is 11.4. The highest BCUT2D eigenvalue weighted by Gasteiger charge is 2.34. The molecule has 2 aromatic heterocycles. The average Bonchev–Trinajstić information content (AvgIpc) is 3.36. The van der Waals surface area contributed by atoms with Crippen molar-refractivity contribution in [2.75, 3.05) is 19.6 Å². The second-order valence-corrected chi connectivity index (χ2v) is 10.7. The zero-order valence-corrected chi connectivity index (χ0v) is 22.6. The fourth-order valence-electron chi connectivity index (χ4n) is 5.19. The van der Waals surface area contributed by atoms with Crippen molar-refractivity contribution in [2.24, 2.45) is 0 Å². The smallest absolute Gasteiger partial charge is 0.410 e. The van der Waals surface area contributed by atoms with E-state index >= 15 is 0 Å². The van der Waals surface area contributed by atoms with E-state index in [9.17, 15) is 17.5 Å². The zero-order chi connectivity index (χ0) is 27.0. The molecule has 0 spiro atoms. The Hall–Kier alpha value is -3.77. The number of rotatable bonds is 7. The maximum Gasteiger partial charge on any atom is 0.410 e. The van der Waals surface area contributed by atoms with E-state index in [1.54, 1.807) is 58.2 Å². The SMILES string of the molecule is N.O=[SH+]([O-])c1ccc(-c2cnn3cc(-c4ccc(OC(F)(F)CN5CCCCC5)cc4)cnc23)c2ccccc12. The second-order valence-electron chi connectivity index (χ2n) is 9.70. The lowest BCUT2D eigenvalue weighted by atomic mass is 10.00. The molecule has 3 heterocycles. The first-order chi connectivity index (χ1) is 18.9. The number of alkyl halides is 2. The molecule has 1 saturated heterocycles. The van der Waals surface area contributed by atoms with E-state index < -0.39 is 23.7 Å². The van der Waals surface area contributed by atoms with Gasteiger partial charge in [0, 0.05) is 28.9 Å². The number of fused-ring (bicyclic) bond motifs is 2. The van der Waals surface area contributed by atoms with Gasteiger partial charge < -0.3 is 15.4 Å². The van der Waals surface area contributed by atoms with Gasteiger partial charge in [-0.05, 0) is 72.8 Å². The highest BCUT2D eigenvalue weighted by molar-refractivity contribution is 7.79. The number of thiol groups is 1. The summed E-state index contributed by atoms with van der Waals surface area (Å²) >= 11 is -2.73. The fourth-order valence-corrected chi connectivity index (χ4v) is 5.78. The molecule has 1 aliphatic heterocycles. The van der Waals surface area contributed by atoms with Crippen molar-refractivity contribution in [3.05, 3.63) is 79.3 Å². The molecule has 1 fully saturated rings. The van der Waals surface area contributed by atoms with Crippen LogP contribution in [0.1, 0.15) is 19.3 Å². The Balaban J connectivity index is 0.00000323. The number of likely N-dealkylation sites (tertiary alicyclic amines) is 1. The summed E-state index contributed by atoms with van der Waals surface area (Å²) in [6.45, 7) is 0.932. The minimum Gasteiger partial charge on any atom is -0.612 e. The molecule has 0 saturated carbocycles. The molecule has 0 bridgehead atoms. The van der Waals surface area contributed by atoms with Crippen molar-refractivity contribution in [1.82, 2.24) is 25.6 Å². The molecule has 8 nitrogen and oxygen atoms in total. The average molecular weight is 566 g/mol. The van der Waals surface area contributed by atoms with E-state index in [1.165, 1.54) is 12.1 Å². The minimum atomic E-state index is -3.27. The summed E-state index contributed by atoms with van der Waals surface area (Å²) in [7, 11) is 0. The summed E-state index contributed by atoms with van der Waals surface area (Å²) in [6, 6.07) is 17.2. The van der Waals surface area contributed by atoms with Crippen LogP contribution in [0.5, 0.6) is 5.75 Å². The molecule has 0 radical (unpaired) electrons. The van der Waals surface area contributed by atoms with Crippen molar-refractivity contribution >= 4 is 27.5 Å². The van der Waals surface area contributed by atoms with Gasteiger partial charge in [-0.25, -0.2) is 9.50 Å². The monoisotopic (exact) mass is 565 g/mol. The molecule has 3 N–H and O–H groups in total. The van der Waals surface area contributed by atoms with E-state index in [-0.39, 0.29) is 16.8 Å². The van der Waals surface area contributed by atoms with Gasteiger partial charge in [0.2, 0.25) is 0 Å².